The van der Waals surface area contributed by atoms with Crippen LogP contribution in [0.2, 0.25) is 0 Å². The maximum Gasteiger partial charge on any atom is 0.341 e. The summed E-state index contributed by atoms with van der Waals surface area (Å²) in [7, 11) is 0. The van der Waals surface area contributed by atoms with Crippen molar-refractivity contribution in [2.45, 2.75) is 33.7 Å². The van der Waals surface area contributed by atoms with Gasteiger partial charge in [0.15, 0.2) is 0 Å². The molecule has 1 aromatic heterocycles. The van der Waals surface area contributed by atoms with E-state index in [0.29, 0.717) is 22.5 Å². The molecule has 31 heavy (non-hydrogen) atoms. The number of ether oxygens (including phenoxy) is 1. The summed E-state index contributed by atoms with van der Waals surface area (Å²) in [5, 5.41) is 14.8. The van der Waals surface area contributed by atoms with Crippen LogP contribution in [0.3, 0.4) is 0 Å². The molecular weight excluding hydrogens is 419 g/mol. The minimum absolute atomic E-state index is 0.00246. The summed E-state index contributed by atoms with van der Waals surface area (Å²) >= 11 is 1.36. The molecule has 3 aromatic rings. The fraction of sp³-hybridized carbons (Fsp3) is 0.261. The summed E-state index contributed by atoms with van der Waals surface area (Å²) in [6, 6.07) is 11.1. The number of thiophene rings is 1. The molecule has 1 heterocycles. The molecule has 2 aromatic carbocycles. The molecular formula is C23H23FN2O4S. The number of esters is 1. The smallest absolute Gasteiger partial charge is 0.341 e. The average Bonchev–Trinajstić information content (AvgIpc) is 3.12. The first kappa shape index (κ1) is 22.4. The third kappa shape index (κ3) is 4.74. The SMILES string of the molecule is CCOC(=O)c1c(NCc2c(C)cccc2F)sc(-c2ccc([N+](=O)[O-])cc2)c1CC. The second-order valence-corrected chi connectivity index (χ2v) is 7.90. The summed E-state index contributed by atoms with van der Waals surface area (Å²) in [4.78, 5) is 24.1. The highest BCUT2D eigenvalue weighted by Gasteiger charge is 2.25. The Hall–Kier alpha value is -3.26. The van der Waals surface area contributed by atoms with Gasteiger partial charge in [-0.1, -0.05) is 19.1 Å². The fourth-order valence-electron chi connectivity index (χ4n) is 3.37. The van der Waals surface area contributed by atoms with Crippen LogP contribution in [-0.2, 0) is 17.7 Å². The zero-order valence-corrected chi connectivity index (χ0v) is 18.3. The number of carbonyl (C=O) groups excluding carboxylic acids is 1. The van der Waals surface area contributed by atoms with E-state index in [9.17, 15) is 19.3 Å². The minimum Gasteiger partial charge on any atom is -0.462 e. The Balaban J connectivity index is 2.04. The molecule has 162 valence electrons. The number of anilines is 1. The number of aryl methyl sites for hydroxylation is 1. The summed E-state index contributed by atoms with van der Waals surface area (Å²) in [6.45, 7) is 5.96. The van der Waals surface area contributed by atoms with Crippen molar-refractivity contribution in [3.8, 4) is 10.4 Å². The number of halogens is 1. The highest BCUT2D eigenvalue weighted by Crippen LogP contribution is 2.42. The van der Waals surface area contributed by atoms with Gasteiger partial charge in [-0.15, -0.1) is 11.3 Å². The van der Waals surface area contributed by atoms with Crippen LogP contribution in [0.15, 0.2) is 42.5 Å². The van der Waals surface area contributed by atoms with Gasteiger partial charge in [-0.05, 0) is 55.2 Å². The predicted molar refractivity (Wildman–Crippen MR) is 120 cm³/mol. The molecule has 6 nitrogen and oxygen atoms in total. The zero-order valence-electron chi connectivity index (χ0n) is 17.5. The van der Waals surface area contributed by atoms with Crippen LogP contribution < -0.4 is 5.32 Å². The van der Waals surface area contributed by atoms with E-state index in [2.05, 4.69) is 5.32 Å². The van der Waals surface area contributed by atoms with Crippen molar-refractivity contribution < 1.29 is 18.8 Å². The first-order valence-corrected chi connectivity index (χ1v) is 10.7. The summed E-state index contributed by atoms with van der Waals surface area (Å²) < 4.78 is 19.5. The molecule has 0 aliphatic heterocycles. The zero-order chi connectivity index (χ0) is 22.5. The summed E-state index contributed by atoms with van der Waals surface area (Å²) in [5.41, 5.74) is 3.33. The molecule has 3 rings (SSSR count). The molecule has 1 N–H and O–H groups in total. The normalized spacial score (nSPS) is 10.7. The number of rotatable bonds is 8. The van der Waals surface area contributed by atoms with Crippen LogP contribution >= 0.6 is 11.3 Å². The van der Waals surface area contributed by atoms with E-state index >= 15 is 0 Å². The molecule has 0 unspecified atom stereocenters. The van der Waals surface area contributed by atoms with Gasteiger partial charge >= 0.3 is 5.97 Å². The quantitative estimate of drug-likeness (QED) is 0.258. The van der Waals surface area contributed by atoms with Gasteiger partial charge in [0, 0.05) is 29.1 Å². The van der Waals surface area contributed by atoms with Crippen molar-refractivity contribution in [2.75, 3.05) is 11.9 Å². The van der Waals surface area contributed by atoms with Gasteiger partial charge in [0.25, 0.3) is 5.69 Å². The Kier molecular flexibility index (Phi) is 7.02. The third-order valence-electron chi connectivity index (χ3n) is 4.96. The summed E-state index contributed by atoms with van der Waals surface area (Å²) in [6.07, 6.45) is 0.567. The molecule has 0 bridgehead atoms. The van der Waals surface area contributed by atoms with Crippen molar-refractivity contribution in [1.29, 1.82) is 0 Å². The van der Waals surface area contributed by atoms with Crippen molar-refractivity contribution in [3.63, 3.8) is 0 Å². The molecule has 0 atom stereocenters. The fourth-order valence-corrected chi connectivity index (χ4v) is 4.65. The van der Waals surface area contributed by atoms with Crippen molar-refractivity contribution >= 4 is 28.0 Å². The van der Waals surface area contributed by atoms with Crippen LogP contribution in [0.5, 0.6) is 0 Å². The highest BCUT2D eigenvalue weighted by atomic mass is 32.1. The molecule has 0 spiro atoms. The van der Waals surface area contributed by atoms with Crippen molar-refractivity contribution in [1.82, 2.24) is 0 Å². The van der Waals surface area contributed by atoms with E-state index in [0.717, 1.165) is 21.6 Å². The number of nitrogens with one attached hydrogen (secondary N) is 1. The van der Waals surface area contributed by atoms with Gasteiger partial charge in [-0.2, -0.15) is 0 Å². The number of nitro groups is 1. The third-order valence-corrected chi connectivity index (χ3v) is 6.20. The number of non-ortho nitro benzene ring substituents is 1. The Bertz CT molecular complexity index is 1090. The monoisotopic (exact) mass is 442 g/mol. The van der Waals surface area contributed by atoms with Gasteiger partial charge in [0.2, 0.25) is 0 Å². The highest BCUT2D eigenvalue weighted by molar-refractivity contribution is 7.20. The summed E-state index contributed by atoms with van der Waals surface area (Å²) in [5.74, 6) is -0.760. The molecule has 0 aliphatic rings. The van der Waals surface area contributed by atoms with Crippen LogP contribution in [0.4, 0.5) is 15.1 Å². The second kappa shape index (κ2) is 9.70. The average molecular weight is 443 g/mol. The first-order valence-electron chi connectivity index (χ1n) is 9.92. The van der Waals surface area contributed by atoms with E-state index in [1.807, 2.05) is 19.9 Å². The number of benzene rings is 2. The van der Waals surface area contributed by atoms with Gasteiger partial charge in [0.05, 0.1) is 17.1 Å². The van der Waals surface area contributed by atoms with E-state index in [-0.39, 0.29) is 24.7 Å². The Morgan fingerprint density at radius 2 is 1.87 bits per heavy atom. The van der Waals surface area contributed by atoms with E-state index in [1.165, 1.54) is 29.5 Å². The lowest BCUT2D eigenvalue weighted by Crippen LogP contribution is -2.11. The molecule has 0 aliphatic carbocycles. The van der Waals surface area contributed by atoms with E-state index < -0.39 is 10.9 Å². The molecule has 0 amide bonds. The number of hydrogen-bond donors (Lipinski definition) is 1. The molecule has 8 heteroatoms. The predicted octanol–water partition coefficient (Wildman–Crippen LogP) is 6.12. The minimum atomic E-state index is -0.452. The number of carbonyl (C=O) groups is 1. The molecule has 0 saturated carbocycles. The van der Waals surface area contributed by atoms with Gasteiger partial charge < -0.3 is 10.1 Å². The Labute approximate surface area is 183 Å². The van der Waals surface area contributed by atoms with Crippen LogP contribution in [0.1, 0.15) is 40.9 Å². The lowest BCUT2D eigenvalue weighted by atomic mass is 10.0. The molecule has 0 radical (unpaired) electrons. The van der Waals surface area contributed by atoms with Gasteiger partial charge in [0.1, 0.15) is 10.8 Å². The standard InChI is InChI=1S/C23H23FN2O4S/c1-4-17-20(23(27)30-5-2)22(25-13-18-14(3)7-6-8-19(18)24)31-21(17)15-9-11-16(12-10-15)26(28)29/h6-12,25H,4-5,13H2,1-3H3. The lowest BCUT2D eigenvalue weighted by Gasteiger charge is -2.11. The van der Waals surface area contributed by atoms with Crippen LogP contribution in [0, 0.1) is 22.9 Å². The first-order chi connectivity index (χ1) is 14.9. The van der Waals surface area contributed by atoms with Gasteiger partial charge in [-0.25, -0.2) is 9.18 Å². The van der Waals surface area contributed by atoms with Crippen LogP contribution in [0.25, 0.3) is 10.4 Å². The molecule has 0 saturated heterocycles. The van der Waals surface area contributed by atoms with E-state index in [1.54, 1.807) is 25.1 Å². The van der Waals surface area contributed by atoms with Crippen molar-refractivity contribution in [2.24, 2.45) is 0 Å². The Morgan fingerprint density at radius 1 is 1.16 bits per heavy atom. The maximum absolute atomic E-state index is 14.3. The van der Waals surface area contributed by atoms with Gasteiger partial charge in [-0.3, -0.25) is 10.1 Å². The molecule has 0 fully saturated rings. The topological polar surface area (TPSA) is 81.5 Å². The van der Waals surface area contributed by atoms with Crippen molar-refractivity contribution in [3.05, 3.63) is 80.6 Å². The van der Waals surface area contributed by atoms with Crippen LogP contribution in [-0.4, -0.2) is 17.5 Å². The number of hydrogen-bond acceptors (Lipinski definition) is 6. The second-order valence-electron chi connectivity index (χ2n) is 6.88. The number of nitro benzene ring substituents is 1. The number of nitrogens with zero attached hydrogens (tertiary/aromatic N) is 1. The largest absolute Gasteiger partial charge is 0.462 e. The Morgan fingerprint density at radius 3 is 2.45 bits per heavy atom. The van der Waals surface area contributed by atoms with E-state index in [4.69, 9.17) is 4.74 Å². The maximum atomic E-state index is 14.3. The lowest BCUT2D eigenvalue weighted by molar-refractivity contribution is -0.384.